The third-order valence-corrected chi connectivity index (χ3v) is 4.07. The fraction of sp³-hybridized carbons (Fsp3) is 0.455. The van der Waals surface area contributed by atoms with E-state index in [-0.39, 0.29) is 22.8 Å². The summed E-state index contributed by atoms with van der Waals surface area (Å²) in [5.41, 5.74) is 0.00567. The van der Waals surface area contributed by atoms with E-state index in [1.54, 1.807) is 0 Å². The van der Waals surface area contributed by atoms with Crippen LogP contribution in [0, 0.1) is 10.1 Å². The lowest BCUT2D eigenvalue weighted by Crippen LogP contribution is -2.26. The number of nitro benzene ring substituents is 1. The van der Waals surface area contributed by atoms with Crippen molar-refractivity contribution in [1.29, 1.82) is 0 Å². The zero-order valence-electron chi connectivity index (χ0n) is 11.3. The molecule has 112 valence electrons. The van der Waals surface area contributed by atoms with Crippen LogP contribution >= 0.6 is 0 Å². The zero-order valence-corrected chi connectivity index (χ0v) is 12.1. The van der Waals surface area contributed by atoms with Gasteiger partial charge in [-0.1, -0.05) is 0 Å². The Labute approximate surface area is 117 Å². The average molecular weight is 303 g/mol. The van der Waals surface area contributed by atoms with Gasteiger partial charge in [-0.25, -0.2) is 13.1 Å². The van der Waals surface area contributed by atoms with Crippen molar-refractivity contribution >= 4 is 21.4 Å². The summed E-state index contributed by atoms with van der Waals surface area (Å²) in [4.78, 5) is 10.1. The highest BCUT2D eigenvalue weighted by Gasteiger charge is 2.20. The molecule has 0 heterocycles. The monoisotopic (exact) mass is 303 g/mol. The van der Waals surface area contributed by atoms with Crippen molar-refractivity contribution in [3.05, 3.63) is 28.3 Å². The van der Waals surface area contributed by atoms with Gasteiger partial charge in [-0.15, -0.1) is 0 Å². The second kappa shape index (κ2) is 7.17. The number of anilines is 1. The number of nitrogens with one attached hydrogen (secondary N) is 2. The lowest BCUT2D eigenvalue weighted by molar-refractivity contribution is -0.384. The molecular weight excluding hydrogens is 286 g/mol. The maximum Gasteiger partial charge on any atom is 0.271 e. The van der Waals surface area contributed by atoms with Gasteiger partial charge in [0.15, 0.2) is 0 Å². The Hall–Kier alpha value is -1.71. The molecule has 1 rings (SSSR count). The van der Waals surface area contributed by atoms with Gasteiger partial charge in [0.2, 0.25) is 10.0 Å². The Morgan fingerprint density at radius 3 is 2.65 bits per heavy atom. The van der Waals surface area contributed by atoms with Gasteiger partial charge < -0.3 is 10.1 Å². The maximum absolute atomic E-state index is 12.1. The maximum atomic E-state index is 12.1. The van der Waals surface area contributed by atoms with E-state index in [2.05, 4.69) is 10.0 Å². The van der Waals surface area contributed by atoms with Crippen LogP contribution in [0.1, 0.15) is 6.42 Å². The predicted octanol–water partition coefficient (Wildman–Crippen LogP) is 0.951. The fourth-order valence-electron chi connectivity index (χ4n) is 1.56. The molecule has 0 spiro atoms. The van der Waals surface area contributed by atoms with E-state index in [0.29, 0.717) is 13.0 Å². The molecule has 0 aromatic heterocycles. The van der Waals surface area contributed by atoms with E-state index in [0.717, 1.165) is 6.07 Å². The average Bonchev–Trinajstić information content (AvgIpc) is 2.42. The molecule has 20 heavy (non-hydrogen) atoms. The van der Waals surface area contributed by atoms with Crippen LogP contribution in [-0.2, 0) is 14.8 Å². The minimum absolute atomic E-state index is 0.0250. The molecule has 0 fully saturated rings. The predicted molar refractivity (Wildman–Crippen MR) is 74.3 cm³/mol. The van der Waals surface area contributed by atoms with Crippen LogP contribution in [0.4, 0.5) is 11.4 Å². The summed E-state index contributed by atoms with van der Waals surface area (Å²) in [6.07, 6.45) is 0.539. The van der Waals surface area contributed by atoms with Crippen LogP contribution in [0.15, 0.2) is 23.1 Å². The molecule has 1 aromatic rings. The number of hydrogen-bond acceptors (Lipinski definition) is 6. The minimum atomic E-state index is -3.72. The molecule has 8 nitrogen and oxygen atoms in total. The Kier molecular flexibility index (Phi) is 5.86. The number of ether oxygens (including phenoxy) is 1. The van der Waals surface area contributed by atoms with Crippen molar-refractivity contribution in [2.45, 2.75) is 11.3 Å². The number of nitrogens with zero attached hydrogens (tertiary/aromatic N) is 1. The van der Waals surface area contributed by atoms with Gasteiger partial charge in [0.25, 0.3) is 5.69 Å². The Balaban J connectivity index is 2.96. The van der Waals surface area contributed by atoms with E-state index >= 15 is 0 Å². The third-order valence-electron chi connectivity index (χ3n) is 2.55. The number of sulfonamides is 1. The van der Waals surface area contributed by atoms with E-state index < -0.39 is 14.9 Å². The molecule has 0 aliphatic heterocycles. The van der Waals surface area contributed by atoms with Gasteiger partial charge >= 0.3 is 0 Å². The zero-order chi connectivity index (χ0) is 15.2. The van der Waals surface area contributed by atoms with E-state index in [1.807, 2.05) is 0 Å². The van der Waals surface area contributed by atoms with Gasteiger partial charge in [0.05, 0.1) is 10.6 Å². The Bertz CT molecular complexity index is 573. The molecule has 0 radical (unpaired) electrons. The minimum Gasteiger partial charge on any atom is -0.387 e. The molecule has 0 aliphatic rings. The number of non-ortho nitro benzene ring substituents is 1. The quantitative estimate of drug-likeness (QED) is 0.420. The van der Waals surface area contributed by atoms with Crippen molar-refractivity contribution < 1.29 is 18.1 Å². The highest BCUT2D eigenvalue weighted by Crippen LogP contribution is 2.25. The van der Waals surface area contributed by atoms with Crippen LogP contribution in [0.3, 0.4) is 0 Å². The number of methoxy groups -OCH3 is 1. The molecule has 0 bridgehead atoms. The second-order valence-corrected chi connectivity index (χ2v) is 5.67. The van der Waals surface area contributed by atoms with Gasteiger partial charge in [0, 0.05) is 39.4 Å². The van der Waals surface area contributed by atoms with E-state index in [9.17, 15) is 18.5 Å². The van der Waals surface area contributed by atoms with Crippen LogP contribution in [0.5, 0.6) is 0 Å². The number of benzene rings is 1. The molecule has 0 aliphatic carbocycles. The Morgan fingerprint density at radius 1 is 1.40 bits per heavy atom. The summed E-state index contributed by atoms with van der Waals surface area (Å²) < 4.78 is 31.4. The molecule has 9 heteroatoms. The van der Waals surface area contributed by atoms with Gasteiger partial charge in [-0.3, -0.25) is 10.1 Å². The first-order valence-electron chi connectivity index (χ1n) is 5.87. The third kappa shape index (κ3) is 4.15. The molecule has 0 amide bonds. The molecular formula is C11H17N3O5S. The van der Waals surface area contributed by atoms with E-state index in [1.165, 1.54) is 26.3 Å². The molecule has 1 aromatic carbocycles. The SMILES string of the molecule is CNc1cc([N+](=O)[O-])ccc1S(=O)(=O)NCCCOC. The largest absolute Gasteiger partial charge is 0.387 e. The van der Waals surface area contributed by atoms with Crippen LogP contribution in [-0.4, -0.2) is 40.7 Å². The number of nitro groups is 1. The van der Waals surface area contributed by atoms with Crippen molar-refractivity contribution in [2.75, 3.05) is 32.6 Å². The highest BCUT2D eigenvalue weighted by molar-refractivity contribution is 7.89. The van der Waals surface area contributed by atoms with E-state index in [4.69, 9.17) is 4.74 Å². The standard InChI is InChI=1S/C11H17N3O5S/c1-12-10-8-9(14(15)16)4-5-11(10)20(17,18)13-6-3-7-19-2/h4-5,8,12-13H,3,6-7H2,1-2H3. The first-order chi connectivity index (χ1) is 9.42. The molecule has 2 N–H and O–H groups in total. The molecule has 0 saturated carbocycles. The summed E-state index contributed by atoms with van der Waals surface area (Å²) in [5, 5.41) is 13.3. The van der Waals surface area contributed by atoms with Crippen molar-refractivity contribution in [2.24, 2.45) is 0 Å². The number of hydrogen-bond donors (Lipinski definition) is 2. The van der Waals surface area contributed by atoms with Crippen molar-refractivity contribution in [3.63, 3.8) is 0 Å². The van der Waals surface area contributed by atoms with Gasteiger partial charge in [-0.05, 0) is 12.5 Å². The van der Waals surface area contributed by atoms with Gasteiger partial charge in [-0.2, -0.15) is 0 Å². The topological polar surface area (TPSA) is 111 Å². The first-order valence-corrected chi connectivity index (χ1v) is 7.35. The van der Waals surface area contributed by atoms with Crippen LogP contribution in [0.2, 0.25) is 0 Å². The van der Waals surface area contributed by atoms with Crippen molar-refractivity contribution in [1.82, 2.24) is 4.72 Å². The summed E-state index contributed by atoms with van der Waals surface area (Å²) in [5.74, 6) is 0. The first kappa shape index (κ1) is 16.3. The Morgan fingerprint density at radius 2 is 2.10 bits per heavy atom. The lowest BCUT2D eigenvalue weighted by Gasteiger charge is -2.11. The fourth-order valence-corrected chi connectivity index (χ4v) is 2.83. The normalized spacial score (nSPS) is 11.3. The van der Waals surface area contributed by atoms with Crippen LogP contribution < -0.4 is 10.0 Å². The molecule has 0 unspecified atom stereocenters. The smallest absolute Gasteiger partial charge is 0.271 e. The molecule has 0 saturated heterocycles. The van der Waals surface area contributed by atoms with Crippen LogP contribution in [0.25, 0.3) is 0 Å². The summed E-state index contributed by atoms with van der Waals surface area (Å²) >= 11 is 0. The highest BCUT2D eigenvalue weighted by atomic mass is 32.2. The molecule has 0 atom stereocenters. The van der Waals surface area contributed by atoms with Crippen molar-refractivity contribution in [3.8, 4) is 0 Å². The van der Waals surface area contributed by atoms with Gasteiger partial charge in [0.1, 0.15) is 4.90 Å². The second-order valence-electron chi connectivity index (χ2n) is 3.93. The summed E-state index contributed by atoms with van der Waals surface area (Å²) in [6, 6.07) is 3.55. The summed E-state index contributed by atoms with van der Waals surface area (Å²) in [6.45, 7) is 0.679. The number of rotatable bonds is 8. The lowest BCUT2D eigenvalue weighted by atomic mass is 10.3. The summed E-state index contributed by atoms with van der Waals surface area (Å²) in [7, 11) is -0.682.